The van der Waals surface area contributed by atoms with Crippen LogP contribution in [0.25, 0.3) is 11.1 Å². The van der Waals surface area contributed by atoms with E-state index in [2.05, 4.69) is 65.6 Å². The number of nitrogens with zero attached hydrogens (tertiary/aromatic N) is 3. The van der Waals surface area contributed by atoms with Crippen molar-refractivity contribution in [3.05, 3.63) is 64.9 Å². The number of rotatable bonds is 14. The van der Waals surface area contributed by atoms with Crippen molar-refractivity contribution in [1.29, 1.82) is 0 Å². The molecule has 194 valence electrons. The third-order valence-electron chi connectivity index (χ3n) is 6.81. The highest BCUT2D eigenvalue weighted by Gasteiger charge is 2.13. The second-order valence-corrected chi connectivity index (χ2v) is 9.92. The standard InChI is InChI=1S/C29H39ClN4O2/c1-23-26(27-10-6-12-29(24(27)2)36-20-8-17-33-15-3-4-16-33)9-5-11-28(23)35-19-7-13-31-14-18-34-22-25(30)21-32-34/h5-6,9-12,21-22,31H,3-4,7-8,13-20H2,1-2H3. The van der Waals surface area contributed by atoms with Crippen molar-refractivity contribution < 1.29 is 9.47 Å². The van der Waals surface area contributed by atoms with Gasteiger partial charge in [-0.15, -0.1) is 0 Å². The van der Waals surface area contributed by atoms with E-state index in [9.17, 15) is 0 Å². The summed E-state index contributed by atoms with van der Waals surface area (Å²) in [4.78, 5) is 2.54. The van der Waals surface area contributed by atoms with E-state index in [-0.39, 0.29) is 0 Å². The van der Waals surface area contributed by atoms with E-state index in [1.165, 1.54) is 42.6 Å². The molecule has 1 saturated heterocycles. The number of likely N-dealkylation sites (tertiary alicyclic amines) is 1. The molecule has 1 fully saturated rings. The smallest absolute Gasteiger partial charge is 0.122 e. The van der Waals surface area contributed by atoms with E-state index in [4.69, 9.17) is 21.1 Å². The van der Waals surface area contributed by atoms with Crippen LogP contribution in [0.5, 0.6) is 11.5 Å². The molecule has 1 N–H and O–H groups in total. The third kappa shape index (κ3) is 7.48. The van der Waals surface area contributed by atoms with Gasteiger partial charge in [0.05, 0.1) is 31.0 Å². The molecule has 3 aromatic rings. The molecular formula is C29H39ClN4O2. The molecule has 6 nitrogen and oxygen atoms in total. The van der Waals surface area contributed by atoms with Gasteiger partial charge in [0, 0.05) is 19.3 Å². The molecule has 0 aliphatic carbocycles. The van der Waals surface area contributed by atoms with E-state index in [1.54, 1.807) is 6.20 Å². The maximum atomic E-state index is 6.19. The number of nitrogens with one attached hydrogen (secondary N) is 1. The van der Waals surface area contributed by atoms with Gasteiger partial charge in [0.1, 0.15) is 11.5 Å². The van der Waals surface area contributed by atoms with Crippen LogP contribution in [0.2, 0.25) is 5.02 Å². The first kappa shape index (κ1) is 26.5. The van der Waals surface area contributed by atoms with Gasteiger partial charge in [-0.1, -0.05) is 35.9 Å². The van der Waals surface area contributed by atoms with Crippen LogP contribution >= 0.6 is 11.6 Å². The van der Waals surface area contributed by atoms with Crippen LogP contribution in [0, 0.1) is 13.8 Å². The lowest BCUT2D eigenvalue weighted by molar-refractivity contribution is 0.262. The lowest BCUT2D eigenvalue weighted by Gasteiger charge is -2.18. The van der Waals surface area contributed by atoms with Gasteiger partial charge in [-0.2, -0.15) is 5.10 Å². The Balaban J connectivity index is 1.25. The fourth-order valence-corrected chi connectivity index (χ4v) is 4.92. The Bertz CT molecular complexity index is 1090. The monoisotopic (exact) mass is 510 g/mol. The van der Waals surface area contributed by atoms with Crippen molar-refractivity contribution in [3.8, 4) is 22.6 Å². The lowest BCUT2D eigenvalue weighted by atomic mass is 9.95. The molecule has 0 spiro atoms. The van der Waals surface area contributed by atoms with Gasteiger partial charge >= 0.3 is 0 Å². The summed E-state index contributed by atoms with van der Waals surface area (Å²) in [6.45, 7) is 11.9. The lowest BCUT2D eigenvalue weighted by Crippen LogP contribution is -2.22. The zero-order valence-electron chi connectivity index (χ0n) is 21.6. The predicted octanol–water partition coefficient (Wildman–Crippen LogP) is 5.74. The van der Waals surface area contributed by atoms with Crippen LogP contribution in [0.3, 0.4) is 0 Å². The van der Waals surface area contributed by atoms with E-state index in [0.29, 0.717) is 11.6 Å². The second-order valence-electron chi connectivity index (χ2n) is 9.48. The van der Waals surface area contributed by atoms with Crippen molar-refractivity contribution in [1.82, 2.24) is 20.0 Å². The zero-order valence-corrected chi connectivity index (χ0v) is 22.4. The summed E-state index contributed by atoms with van der Waals surface area (Å²) in [5.74, 6) is 1.91. The Labute approximate surface area is 220 Å². The van der Waals surface area contributed by atoms with Crippen molar-refractivity contribution in [2.24, 2.45) is 0 Å². The van der Waals surface area contributed by atoms with Crippen LogP contribution in [0.1, 0.15) is 36.8 Å². The summed E-state index contributed by atoms with van der Waals surface area (Å²) >= 11 is 5.90. The Morgan fingerprint density at radius 2 is 1.50 bits per heavy atom. The molecule has 1 aromatic heterocycles. The molecule has 36 heavy (non-hydrogen) atoms. The van der Waals surface area contributed by atoms with Crippen molar-refractivity contribution in [2.75, 3.05) is 45.9 Å². The molecule has 2 heterocycles. The summed E-state index contributed by atoms with van der Waals surface area (Å²) in [6, 6.07) is 12.7. The van der Waals surface area contributed by atoms with Gasteiger partial charge in [-0.3, -0.25) is 4.68 Å². The molecule has 0 bridgehead atoms. The quantitative estimate of drug-likeness (QED) is 0.280. The number of aromatic nitrogens is 2. The van der Waals surface area contributed by atoms with Crippen LogP contribution in [-0.4, -0.2) is 60.6 Å². The molecule has 1 aliphatic heterocycles. The molecule has 4 rings (SSSR count). The summed E-state index contributed by atoms with van der Waals surface area (Å²) in [5.41, 5.74) is 4.75. The largest absolute Gasteiger partial charge is 0.493 e. The van der Waals surface area contributed by atoms with Gasteiger partial charge in [-0.25, -0.2) is 0 Å². The average Bonchev–Trinajstić information content (AvgIpc) is 3.55. The molecule has 0 atom stereocenters. The van der Waals surface area contributed by atoms with E-state index in [0.717, 1.165) is 62.7 Å². The van der Waals surface area contributed by atoms with Crippen LogP contribution < -0.4 is 14.8 Å². The average molecular weight is 511 g/mol. The molecule has 0 amide bonds. The maximum absolute atomic E-state index is 6.19. The number of hydrogen-bond donors (Lipinski definition) is 1. The molecule has 0 radical (unpaired) electrons. The summed E-state index contributed by atoms with van der Waals surface area (Å²) in [6.07, 6.45) is 8.17. The first-order valence-corrected chi connectivity index (χ1v) is 13.6. The predicted molar refractivity (Wildman–Crippen MR) is 147 cm³/mol. The highest BCUT2D eigenvalue weighted by Crippen LogP contribution is 2.35. The highest BCUT2D eigenvalue weighted by molar-refractivity contribution is 6.30. The summed E-state index contributed by atoms with van der Waals surface area (Å²) in [5, 5.41) is 8.29. The number of halogens is 1. The van der Waals surface area contributed by atoms with E-state index >= 15 is 0 Å². The SMILES string of the molecule is Cc1c(OCCCNCCn2cc(Cl)cn2)cccc1-c1cccc(OCCCN2CCCC2)c1C. The molecule has 0 saturated carbocycles. The van der Waals surface area contributed by atoms with Crippen molar-refractivity contribution >= 4 is 11.6 Å². The molecular weight excluding hydrogens is 472 g/mol. The van der Waals surface area contributed by atoms with Gasteiger partial charge < -0.3 is 19.7 Å². The van der Waals surface area contributed by atoms with Gasteiger partial charge in [0.15, 0.2) is 0 Å². The number of hydrogen-bond acceptors (Lipinski definition) is 5. The third-order valence-corrected chi connectivity index (χ3v) is 7.00. The summed E-state index contributed by atoms with van der Waals surface area (Å²) < 4.78 is 14.2. The van der Waals surface area contributed by atoms with Gasteiger partial charge in [0.2, 0.25) is 0 Å². The Kier molecular flexibility index (Phi) is 10.1. The minimum atomic E-state index is 0.670. The van der Waals surface area contributed by atoms with Gasteiger partial charge in [0.25, 0.3) is 0 Å². The molecule has 2 aromatic carbocycles. The minimum Gasteiger partial charge on any atom is -0.493 e. The van der Waals surface area contributed by atoms with Crippen molar-refractivity contribution in [2.45, 2.75) is 46.1 Å². The Morgan fingerprint density at radius 3 is 2.11 bits per heavy atom. The van der Waals surface area contributed by atoms with Crippen molar-refractivity contribution in [3.63, 3.8) is 0 Å². The number of benzene rings is 2. The van der Waals surface area contributed by atoms with E-state index in [1.807, 2.05) is 10.9 Å². The fourth-order valence-electron chi connectivity index (χ4n) is 4.76. The topological polar surface area (TPSA) is 51.6 Å². The second kappa shape index (κ2) is 13.7. The van der Waals surface area contributed by atoms with Gasteiger partial charge in [-0.05, 0) is 93.6 Å². The van der Waals surface area contributed by atoms with Crippen LogP contribution in [-0.2, 0) is 6.54 Å². The normalized spacial score (nSPS) is 13.9. The first-order valence-electron chi connectivity index (χ1n) is 13.2. The molecule has 0 unspecified atom stereocenters. The highest BCUT2D eigenvalue weighted by atomic mass is 35.5. The Hall–Kier alpha value is -2.54. The molecule has 7 heteroatoms. The summed E-state index contributed by atoms with van der Waals surface area (Å²) in [7, 11) is 0. The van der Waals surface area contributed by atoms with Crippen LogP contribution in [0.4, 0.5) is 0 Å². The maximum Gasteiger partial charge on any atom is 0.122 e. The minimum absolute atomic E-state index is 0.670. The fraction of sp³-hybridized carbons (Fsp3) is 0.483. The zero-order chi connectivity index (χ0) is 25.2. The number of ether oxygens (including phenoxy) is 2. The first-order chi connectivity index (χ1) is 17.6. The molecule has 1 aliphatic rings. The Morgan fingerprint density at radius 1 is 0.861 bits per heavy atom. The van der Waals surface area contributed by atoms with E-state index < -0.39 is 0 Å². The van der Waals surface area contributed by atoms with Crippen LogP contribution in [0.15, 0.2) is 48.8 Å².